The maximum Gasteiger partial charge on any atom is 0.339 e. The van der Waals surface area contributed by atoms with Crippen molar-refractivity contribution in [3.8, 4) is 5.75 Å². The number of anilines is 1. The van der Waals surface area contributed by atoms with Crippen molar-refractivity contribution in [2.45, 2.75) is 6.92 Å². The number of aromatic carboxylic acids is 1. The van der Waals surface area contributed by atoms with Gasteiger partial charge in [-0.05, 0) is 25.1 Å². The minimum absolute atomic E-state index is 0.259. The molecule has 0 atom stereocenters. The number of nitrogens with one attached hydrogen (secondary N) is 1. The third-order valence-electron chi connectivity index (χ3n) is 2.05. The van der Waals surface area contributed by atoms with Gasteiger partial charge >= 0.3 is 5.97 Å². The van der Waals surface area contributed by atoms with Crippen LogP contribution in [0.1, 0.15) is 17.3 Å². The predicted octanol–water partition coefficient (Wildman–Crippen LogP) is 2.16. The van der Waals surface area contributed by atoms with Crippen LogP contribution in [-0.2, 0) is 4.79 Å². The van der Waals surface area contributed by atoms with Crippen molar-refractivity contribution in [2.75, 3.05) is 5.32 Å². The third kappa shape index (κ3) is 3.79. The monoisotopic (exact) mass is 247 g/mol. The number of carbonyl (C=O) groups excluding carboxylic acids is 1. The smallest absolute Gasteiger partial charge is 0.339 e. The first-order valence-corrected chi connectivity index (χ1v) is 5.21. The number of phenols is 1. The Morgan fingerprint density at radius 3 is 2.61 bits per heavy atom. The second-order valence-corrected chi connectivity index (χ2v) is 3.41. The molecule has 1 aromatic rings. The molecule has 0 fully saturated rings. The first kappa shape index (κ1) is 13.5. The summed E-state index contributed by atoms with van der Waals surface area (Å²) >= 11 is 0. The summed E-state index contributed by atoms with van der Waals surface area (Å²) in [6.07, 6.45) is 6.34. The number of carbonyl (C=O) groups is 2. The Hall–Kier alpha value is -2.56. The van der Waals surface area contributed by atoms with E-state index in [2.05, 4.69) is 5.32 Å². The van der Waals surface area contributed by atoms with Gasteiger partial charge in [0, 0.05) is 11.8 Å². The van der Waals surface area contributed by atoms with Gasteiger partial charge in [0.1, 0.15) is 11.3 Å². The van der Waals surface area contributed by atoms with Crippen molar-refractivity contribution >= 4 is 17.6 Å². The number of rotatable bonds is 4. The van der Waals surface area contributed by atoms with Gasteiger partial charge in [-0.15, -0.1) is 0 Å². The number of hydrogen-bond acceptors (Lipinski definition) is 3. The zero-order chi connectivity index (χ0) is 13.5. The molecule has 1 rings (SSSR count). The lowest BCUT2D eigenvalue weighted by atomic mass is 10.2. The number of allylic oxidation sites excluding steroid dienone is 3. The van der Waals surface area contributed by atoms with E-state index >= 15 is 0 Å². The summed E-state index contributed by atoms with van der Waals surface area (Å²) in [6, 6.07) is 3.83. The van der Waals surface area contributed by atoms with Crippen LogP contribution in [-0.4, -0.2) is 22.1 Å². The fourth-order valence-electron chi connectivity index (χ4n) is 1.22. The molecule has 94 valence electrons. The van der Waals surface area contributed by atoms with E-state index in [-0.39, 0.29) is 17.2 Å². The van der Waals surface area contributed by atoms with E-state index in [0.29, 0.717) is 5.69 Å². The molecule has 1 amide bonds. The molecule has 0 aliphatic heterocycles. The van der Waals surface area contributed by atoms with Crippen LogP contribution in [0.5, 0.6) is 5.75 Å². The molecule has 0 aliphatic rings. The van der Waals surface area contributed by atoms with E-state index in [9.17, 15) is 14.7 Å². The Kier molecular flexibility index (Phi) is 4.68. The Bertz CT molecular complexity index is 518. The molecule has 0 aromatic heterocycles. The molecule has 0 saturated carbocycles. The highest BCUT2D eigenvalue weighted by Crippen LogP contribution is 2.21. The van der Waals surface area contributed by atoms with Crippen LogP contribution in [0.25, 0.3) is 0 Å². The summed E-state index contributed by atoms with van der Waals surface area (Å²) in [7, 11) is 0. The third-order valence-corrected chi connectivity index (χ3v) is 2.05. The molecule has 1 aromatic carbocycles. The molecule has 0 unspecified atom stereocenters. The van der Waals surface area contributed by atoms with Gasteiger partial charge in [0.05, 0.1) is 0 Å². The highest BCUT2D eigenvalue weighted by Gasteiger charge is 2.10. The van der Waals surface area contributed by atoms with Crippen molar-refractivity contribution in [3.05, 3.63) is 48.1 Å². The summed E-state index contributed by atoms with van der Waals surface area (Å²) < 4.78 is 0. The Labute approximate surface area is 104 Å². The number of carboxylic acids is 1. The minimum atomic E-state index is -1.26. The molecule has 0 saturated heterocycles. The quantitative estimate of drug-likeness (QED) is 0.432. The first-order chi connectivity index (χ1) is 8.54. The zero-order valence-corrected chi connectivity index (χ0v) is 9.75. The maximum atomic E-state index is 11.4. The minimum Gasteiger partial charge on any atom is -0.507 e. The predicted molar refractivity (Wildman–Crippen MR) is 67.6 cm³/mol. The van der Waals surface area contributed by atoms with Gasteiger partial charge in [-0.1, -0.05) is 18.2 Å². The highest BCUT2D eigenvalue weighted by atomic mass is 16.4. The molecule has 0 bridgehead atoms. The van der Waals surface area contributed by atoms with E-state index in [4.69, 9.17) is 5.11 Å². The molecular formula is C13H13NO4. The first-order valence-electron chi connectivity index (χ1n) is 5.21. The molecule has 0 heterocycles. The van der Waals surface area contributed by atoms with Crippen LogP contribution in [0.3, 0.4) is 0 Å². The average molecular weight is 247 g/mol. The zero-order valence-electron chi connectivity index (χ0n) is 9.75. The van der Waals surface area contributed by atoms with Gasteiger partial charge in [-0.2, -0.15) is 0 Å². The van der Waals surface area contributed by atoms with E-state index in [1.165, 1.54) is 24.3 Å². The van der Waals surface area contributed by atoms with Gasteiger partial charge in [0.15, 0.2) is 0 Å². The van der Waals surface area contributed by atoms with Gasteiger partial charge in [0.25, 0.3) is 0 Å². The standard InChI is InChI=1S/C13H13NO4/c1-2-3-4-5-12(16)14-9-6-7-11(15)10(8-9)13(17)18/h2-8,15H,1H3,(H,14,16)(H,17,18)/b3-2+,5-4+. The van der Waals surface area contributed by atoms with Crippen LogP contribution in [0.2, 0.25) is 0 Å². The summed E-state index contributed by atoms with van der Waals surface area (Å²) in [5.74, 6) is -1.98. The van der Waals surface area contributed by atoms with Crippen LogP contribution < -0.4 is 5.32 Å². The fourth-order valence-corrected chi connectivity index (χ4v) is 1.22. The van der Waals surface area contributed by atoms with E-state index in [0.717, 1.165) is 0 Å². The summed E-state index contributed by atoms with van der Waals surface area (Å²) in [6.45, 7) is 1.82. The maximum absolute atomic E-state index is 11.4. The fraction of sp³-hybridized carbons (Fsp3) is 0.0769. The molecule has 18 heavy (non-hydrogen) atoms. The van der Waals surface area contributed by atoms with Gasteiger partial charge in [-0.3, -0.25) is 4.79 Å². The van der Waals surface area contributed by atoms with Crippen LogP contribution >= 0.6 is 0 Å². The van der Waals surface area contributed by atoms with Gasteiger partial charge in [0.2, 0.25) is 5.91 Å². The molecular weight excluding hydrogens is 234 g/mol. The largest absolute Gasteiger partial charge is 0.507 e. The molecule has 5 heteroatoms. The molecule has 0 spiro atoms. The lowest BCUT2D eigenvalue weighted by Gasteiger charge is -2.04. The van der Waals surface area contributed by atoms with Crippen LogP contribution in [0, 0.1) is 0 Å². The number of amides is 1. The van der Waals surface area contributed by atoms with Crippen molar-refractivity contribution in [1.29, 1.82) is 0 Å². The van der Waals surface area contributed by atoms with E-state index < -0.39 is 5.97 Å². The van der Waals surface area contributed by atoms with Crippen molar-refractivity contribution in [2.24, 2.45) is 0 Å². The Morgan fingerprint density at radius 1 is 1.28 bits per heavy atom. The number of aromatic hydroxyl groups is 1. The SMILES string of the molecule is C/C=C/C=C/C(=O)Nc1ccc(O)c(C(=O)O)c1. The molecule has 5 nitrogen and oxygen atoms in total. The summed E-state index contributed by atoms with van der Waals surface area (Å²) in [5, 5.41) is 20.6. The van der Waals surface area contributed by atoms with Crippen LogP contribution in [0.15, 0.2) is 42.5 Å². The second kappa shape index (κ2) is 6.24. The summed E-state index contributed by atoms with van der Waals surface area (Å²) in [4.78, 5) is 22.2. The lowest BCUT2D eigenvalue weighted by molar-refractivity contribution is -0.111. The van der Waals surface area contributed by atoms with Gasteiger partial charge in [-0.25, -0.2) is 4.79 Å². The molecule has 3 N–H and O–H groups in total. The topological polar surface area (TPSA) is 86.6 Å². The Balaban J connectivity index is 2.83. The summed E-state index contributed by atoms with van der Waals surface area (Å²) in [5.41, 5.74) is 0.0468. The van der Waals surface area contributed by atoms with Gasteiger partial charge < -0.3 is 15.5 Å². The second-order valence-electron chi connectivity index (χ2n) is 3.41. The molecule has 0 radical (unpaired) electrons. The highest BCUT2D eigenvalue weighted by molar-refractivity contribution is 6.00. The number of benzene rings is 1. The van der Waals surface area contributed by atoms with Crippen molar-refractivity contribution in [1.82, 2.24) is 0 Å². The van der Waals surface area contributed by atoms with E-state index in [1.54, 1.807) is 18.2 Å². The average Bonchev–Trinajstić information content (AvgIpc) is 2.31. The molecule has 0 aliphatic carbocycles. The van der Waals surface area contributed by atoms with Crippen molar-refractivity contribution < 1.29 is 19.8 Å². The van der Waals surface area contributed by atoms with Crippen molar-refractivity contribution in [3.63, 3.8) is 0 Å². The number of hydrogen-bond donors (Lipinski definition) is 3. The normalized spacial score (nSPS) is 10.9. The van der Waals surface area contributed by atoms with E-state index in [1.807, 2.05) is 6.92 Å². The lowest BCUT2D eigenvalue weighted by Crippen LogP contribution is -2.08. The number of carboxylic acid groups (broad SMARTS) is 1. The Morgan fingerprint density at radius 2 is 2.00 bits per heavy atom. The van der Waals surface area contributed by atoms with Crippen LogP contribution in [0.4, 0.5) is 5.69 Å².